The highest BCUT2D eigenvalue weighted by atomic mass is 16.4. The average molecular weight is 1040 g/mol. The van der Waals surface area contributed by atoms with Crippen molar-refractivity contribution in [3.63, 3.8) is 0 Å². The number of unbranched alkanes of at least 4 members (excludes halogenated alkanes) is 4. The molecule has 0 saturated heterocycles. The summed E-state index contributed by atoms with van der Waals surface area (Å²) < 4.78 is 0. The topological polar surface area (TPSA) is 149 Å². The first kappa shape index (κ1) is 77.4. The maximum Gasteiger partial charge on any atom is 0.306 e. The van der Waals surface area contributed by atoms with Gasteiger partial charge in [0.15, 0.2) is 0 Å². The molecule has 10 atom stereocenters. The van der Waals surface area contributed by atoms with Crippen LogP contribution in [0.1, 0.15) is 306 Å². The molecule has 0 heterocycles. The predicted molar refractivity (Wildman–Crippen MR) is 315 cm³/mol. The fourth-order valence-electron chi connectivity index (χ4n) is 10.1. The van der Waals surface area contributed by atoms with Crippen LogP contribution in [-0.2, 0) is 19.2 Å². The van der Waals surface area contributed by atoms with Crippen molar-refractivity contribution in [2.75, 3.05) is 0 Å². The van der Waals surface area contributed by atoms with E-state index in [9.17, 15) is 34.5 Å². The molecular formula is C65H130O8. The zero-order chi connectivity index (χ0) is 57.7. The van der Waals surface area contributed by atoms with E-state index in [4.69, 9.17) is 5.11 Å². The van der Waals surface area contributed by atoms with Crippen molar-refractivity contribution < 1.29 is 39.6 Å². The van der Waals surface area contributed by atoms with E-state index in [1.165, 1.54) is 57.8 Å². The molecule has 0 aliphatic carbocycles. The van der Waals surface area contributed by atoms with Crippen molar-refractivity contribution in [3.8, 4) is 0 Å². The second kappa shape index (κ2) is 42.9. The number of carbonyl (C=O) groups is 4. The highest BCUT2D eigenvalue weighted by Crippen LogP contribution is 2.34. The summed E-state index contributed by atoms with van der Waals surface area (Å²) in [7, 11) is 0. The summed E-state index contributed by atoms with van der Waals surface area (Å²) in [4.78, 5) is 44.5. The minimum absolute atomic E-state index is 0.109. The monoisotopic (exact) mass is 1040 g/mol. The average Bonchev–Trinajstić information content (AvgIpc) is 3.22. The molecule has 0 aromatic rings. The third kappa shape index (κ3) is 53.1. The first-order chi connectivity index (χ1) is 33.4. The maximum absolute atomic E-state index is 11.5. The number of carboxylic acids is 4. The number of hydrogen-bond donors (Lipinski definition) is 4. The Balaban J connectivity index is -0.000000445. The Bertz CT molecular complexity index is 1350. The van der Waals surface area contributed by atoms with Gasteiger partial charge < -0.3 is 20.4 Å². The number of rotatable bonds is 36. The molecule has 0 bridgehead atoms. The minimum Gasteiger partial charge on any atom is -0.481 e. The third-order valence-electron chi connectivity index (χ3n) is 15.6. The molecule has 0 aromatic carbocycles. The van der Waals surface area contributed by atoms with Crippen LogP contribution in [-0.4, -0.2) is 44.3 Å². The van der Waals surface area contributed by atoms with E-state index in [1.807, 2.05) is 6.92 Å². The fourth-order valence-corrected chi connectivity index (χ4v) is 10.1. The van der Waals surface area contributed by atoms with Crippen LogP contribution in [0, 0.1) is 87.3 Å². The highest BCUT2D eigenvalue weighted by molar-refractivity contribution is 5.70. The zero-order valence-electron chi connectivity index (χ0n) is 52.8. The molecule has 438 valence electrons. The Kier molecular flexibility index (Phi) is 45.5. The van der Waals surface area contributed by atoms with Crippen molar-refractivity contribution in [2.24, 2.45) is 87.3 Å². The molecule has 0 spiro atoms. The van der Waals surface area contributed by atoms with Crippen LogP contribution in [0.4, 0.5) is 0 Å². The molecule has 0 aliphatic heterocycles. The van der Waals surface area contributed by atoms with Crippen LogP contribution in [0.3, 0.4) is 0 Å². The summed E-state index contributed by atoms with van der Waals surface area (Å²) in [5.41, 5.74) is 0.772. The van der Waals surface area contributed by atoms with Crippen LogP contribution >= 0.6 is 0 Å². The molecule has 4 N–H and O–H groups in total. The summed E-state index contributed by atoms with van der Waals surface area (Å²) in [6.45, 7) is 48.7. The molecule has 8 heteroatoms. The first-order valence-electron chi connectivity index (χ1n) is 30.3. The van der Waals surface area contributed by atoms with E-state index >= 15 is 0 Å². The minimum atomic E-state index is -0.693. The summed E-state index contributed by atoms with van der Waals surface area (Å²) in [5.74, 6) is 2.71. The van der Waals surface area contributed by atoms with E-state index in [0.29, 0.717) is 23.2 Å². The SMILES string of the molecule is CC(C)C(C)CCCCCC(CCCC(C)C(C)C)C(=O)O.CC(CC(=O)O)CC(C)(C)C.CC(CCC(C(=O)O)C(C)CC(C)(C)C)CC(C)(C)C.CCC(C)CCCCCC(CCCC(C)CC)C(=O)O. The maximum atomic E-state index is 11.5. The van der Waals surface area contributed by atoms with Crippen molar-refractivity contribution >= 4 is 23.9 Å². The molecule has 0 aromatic heterocycles. The standard InChI is InChI=1S/C20H40O2.2C18H36O2.C9H18O2/c1-15(2)17(5)11-8-7-9-13-19(20(21)22)14-10-12-18(6)16(3)4;1-13(11-17(3,4)5)9-10-15(16(19)20)14(2)12-18(6,7)8;1-5-15(3)11-8-7-9-13-17(18(19)20)14-10-12-16(4)6-2;1-7(5-8(10)11)6-9(2,3)4/h15-19H,7-14H2,1-6H3,(H,21,22);13-15H,9-12H2,1-8H3,(H,19,20);15-17H,5-14H2,1-4H3,(H,19,20);7H,5-6H2,1-4H3,(H,10,11). The van der Waals surface area contributed by atoms with Crippen molar-refractivity contribution in [3.05, 3.63) is 0 Å². The smallest absolute Gasteiger partial charge is 0.306 e. The Morgan fingerprint density at radius 2 is 0.671 bits per heavy atom. The van der Waals surface area contributed by atoms with Gasteiger partial charge in [-0.25, -0.2) is 0 Å². The van der Waals surface area contributed by atoms with Crippen LogP contribution in [0.2, 0.25) is 0 Å². The number of carboxylic acid groups (broad SMARTS) is 4. The highest BCUT2D eigenvalue weighted by Gasteiger charge is 2.29. The molecule has 0 rings (SSSR count). The van der Waals surface area contributed by atoms with E-state index in [2.05, 4.69) is 145 Å². The Hall–Kier alpha value is -2.12. The zero-order valence-corrected chi connectivity index (χ0v) is 52.8. The number of aliphatic carboxylic acids is 4. The lowest BCUT2D eigenvalue weighted by Gasteiger charge is -2.29. The van der Waals surface area contributed by atoms with Gasteiger partial charge in [-0.05, 0) is 127 Å². The second-order valence-electron chi connectivity index (χ2n) is 28.3. The van der Waals surface area contributed by atoms with Gasteiger partial charge in [-0.15, -0.1) is 0 Å². The molecule has 0 amide bonds. The van der Waals surface area contributed by atoms with Crippen molar-refractivity contribution in [2.45, 2.75) is 306 Å². The fraction of sp³-hybridized carbons (Fsp3) is 0.938. The van der Waals surface area contributed by atoms with Crippen molar-refractivity contribution in [1.29, 1.82) is 0 Å². The molecular weight excluding hydrogens is 909 g/mol. The van der Waals surface area contributed by atoms with Gasteiger partial charge in [0.25, 0.3) is 0 Å². The van der Waals surface area contributed by atoms with Gasteiger partial charge in [0.1, 0.15) is 0 Å². The van der Waals surface area contributed by atoms with Gasteiger partial charge >= 0.3 is 23.9 Å². The Labute approximate surface area is 455 Å². The summed E-state index contributed by atoms with van der Waals surface area (Å²) >= 11 is 0. The van der Waals surface area contributed by atoms with Gasteiger partial charge in [-0.1, -0.05) is 242 Å². The molecule has 73 heavy (non-hydrogen) atoms. The molecule has 8 nitrogen and oxygen atoms in total. The van der Waals surface area contributed by atoms with Gasteiger partial charge in [0.2, 0.25) is 0 Å². The van der Waals surface area contributed by atoms with Crippen LogP contribution < -0.4 is 0 Å². The Morgan fingerprint density at radius 1 is 0.342 bits per heavy atom. The van der Waals surface area contributed by atoms with Crippen LogP contribution in [0.15, 0.2) is 0 Å². The lowest BCUT2D eigenvalue weighted by atomic mass is 9.76. The Morgan fingerprint density at radius 3 is 1.01 bits per heavy atom. The van der Waals surface area contributed by atoms with Gasteiger partial charge in [-0.3, -0.25) is 19.2 Å². The van der Waals surface area contributed by atoms with Crippen LogP contribution in [0.5, 0.6) is 0 Å². The van der Waals surface area contributed by atoms with Gasteiger partial charge in [0, 0.05) is 6.42 Å². The van der Waals surface area contributed by atoms with E-state index < -0.39 is 23.9 Å². The van der Waals surface area contributed by atoms with Crippen LogP contribution in [0.25, 0.3) is 0 Å². The summed E-state index contributed by atoms with van der Waals surface area (Å²) in [6.07, 6.45) is 25.2. The lowest BCUT2D eigenvalue weighted by molar-refractivity contribution is -0.144. The molecule has 0 fully saturated rings. The first-order valence-corrected chi connectivity index (χ1v) is 30.3. The molecule has 0 aliphatic rings. The largest absolute Gasteiger partial charge is 0.481 e. The molecule has 0 radical (unpaired) electrons. The predicted octanol–water partition coefficient (Wildman–Crippen LogP) is 20.4. The quantitative estimate of drug-likeness (QED) is 0.0453. The number of hydrogen-bond acceptors (Lipinski definition) is 4. The van der Waals surface area contributed by atoms with Gasteiger partial charge in [0.05, 0.1) is 17.8 Å². The van der Waals surface area contributed by atoms with E-state index in [1.54, 1.807) is 0 Å². The summed E-state index contributed by atoms with van der Waals surface area (Å²) in [5, 5.41) is 36.6. The lowest BCUT2D eigenvalue weighted by Crippen LogP contribution is -2.26. The van der Waals surface area contributed by atoms with Crippen molar-refractivity contribution in [1.82, 2.24) is 0 Å². The van der Waals surface area contributed by atoms with E-state index in [-0.39, 0.29) is 46.8 Å². The van der Waals surface area contributed by atoms with E-state index in [0.717, 1.165) is 114 Å². The van der Waals surface area contributed by atoms with Gasteiger partial charge in [-0.2, -0.15) is 0 Å². The third-order valence-corrected chi connectivity index (χ3v) is 15.6. The summed E-state index contributed by atoms with van der Waals surface area (Å²) in [6, 6.07) is 0. The molecule has 10 unspecified atom stereocenters. The normalized spacial score (nSPS) is 16.2. The second-order valence-corrected chi connectivity index (χ2v) is 28.3. The molecule has 0 saturated carbocycles.